The molecule has 1 N–H and O–H groups in total. The van der Waals surface area contributed by atoms with E-state index in [2.05, 4.69) is 22.3 Å². The van der Waals surface area contributed by atoms with Crippen LogP contribution in [0.1, 0.15) is 41.0 Å². The zero-order chi connectivity index (χ0) is 23.2. The number of aromatic nitrogens is 4. The second kappa shape index (κ2) is 8.35. The molecule has 0 bridgehead atoms. The Morgan fingerprint density at radius 3 is 2.70 bits per heavy atom. The minimum atomic E-state index is -3.11. The van der Waals surface area contributed by atoms with Crippen LogP contribution in [0.2, 0.25) is 0 Å². The normalized spacial score (nSPS) is 17.5. The van der Waals surface area contributed by atoms with Crippen LogP contribution in [0.15, 0.2) is 41.9 Å². The Morgan fingerprint density at radius 1 is 1.27 bits per heavy atom. The van der Waals surface area contributed by atoms with E-state index in [0.29, 0.717) is 39.5 Å². The van der Waals surface area contributed by atoms with Crippen molar-refractivity contribution in [1.82, 2.24) is 19.7 Å². The molecule has 4 aromatic rings. The summed E-state index contributed by atoms with van der Waals surface area (Å²) >= 11 is 1.34. The number of rotatable bonds is 5. The van der Waals surface area contributed by atoms with Crippen LogP contribution >= 0.6 is 11.3 Å². The molecule has 1 aromatic carbocycles. The molecule has 1 saturated heterocycles. The van der Waals surface area contributed by atoms with Crippen LogP contribution < -0.4 is 5.32 Å². The summed E-state index contributed by atoms with van der Waals surface area (Å²) in [4.78, 5) is 22.3. The smallest absolute Gasteiger partial charge is 0.258 e. The van der Waals surface area contributed by atoms with Gasteiger partial charge in [-0.25, -0.2) is 23.1 Å². The highest BCUT2D eigenvalue weighted by atomic mass is 32.2. The summed E-state index contributed by atoms with van der Waals surface area (Å²) in [5.74, 6) is -0.139. The van der Waals surface area contributed by atoms with E-state index in [0.717, 1.165) is 12.0 Å². The highest BCUT2D eigenvalue weighted by molar-refractivity contribution is 7.91. The number of carbonyl (C=O) groups is 1. The third kappa shape index (κ3) is 4.16. The minimum absolute atomic E-state index is 0.0287. The summed E-state index contributed by atoms with van der Waals surface area (Å²) < 4.78 is 25.9. The molecule has 0 aliphatic carbocycles. The van der Waals surface area contributed by atoms with Crippen molar-refractivity contribution in [3.8, 4) is 11.3 Å². The van der Waals surface area contributed by atoms with Gasteiger partial charge in [0, 0.05) is 17.1 Å². The molecule has 1 aliphatic rings. The Morgan fingerprint density at radius 2 is 2.06 bits per heavy atom. The fourth-order valence-corrected chi connectivity index (χ4v) is 6.44. The van der Waals surface area contributed by atoms with Crippen molar-refractivity contribution in [2.75, 3.05) is 16.8 Å². The van der Waals surface area contributed by atoms with Crippen molar-refractivity contribution >= 4 is 43.2 Å². The number of hydrogen-bond donors (Lipinski definition) is 1. The third-order valence-electron chi connectivity index (χ3n) is 5.95. The van der Waals surface area contributed by atoms with Crippen LogP contribution in [0.3, 0.4) is 0 Å². The molecule has 3 aromatic heterocycles. The predicted molar refractivity (Wildman–Crippen MR) is 129 cm³/mol. The molecular formula is C23H23N5O3S2. The van der Waals surface area contributed by atoms with E-state index in [1.807, 2.05) is 31.2 Å². The average Bonchev–Trinajstić information content (AvgIpc) is 3.52. The first-order valence-electron chi connectivity index (χ1n) is 10.7. The van der Waals surface area contributed by atoms with Gasteiger partial charge in [-0.1, -0.05) is 31.2 Å². The van der Waals surface area contributed by atoms with Gasteiger partial charge in [0.1, 0.15) is 0 Å². The summed E-state index contributed by atoms with van der Waals surface area (Å²) in [5, 5.41) is 10.4. The van der Waals surface area contributed by atoms with E-state index in [1.165, 1.54) is 16.9 Å². The van der Waals surface area contributed by atoms with Crippen molar-refractivity contribution in [2.45, 2.75) is 32.7 Å². The fourth-order valence-electron chi connectivity index (χ4n) is 4.22. The number of aryl methyl sites for hydroxylation is 2. The number of hydrogen-bond acceptors (Lipinski definition) is 7. The van der Waals surface area contributed by atoms with E-state index in [4.69, 9.17) is 4.98 Å². The first kappa shape index (κ1) is 21.7. The number of anilines is 1. The third-order valence-corrected chi connectivity index (χ3v) is 8.39. The molecule has 1 amide bonds. The summed E-state index contributed by atoms with van der Waals surface area (Å²) in [5.41, 5.74) is 4.32. The maximum absolute atomic E-state index is 13.3. The number of sulfone groups is 1. The molecule has 10 heteroatoms. The largest absolute Gasteiger partial charge is 0.298 e. The van der Waals surface area contributed by atoms with Gasteiger partial charge in [-0.3, -0.25) is 10.1 Å². The number of nitrogens with one attached hydrogen (secondary N) is 1. The number of fused-ring (bicyclic) bond motifs is 1. The number of amides is 1. The fraction of sp³-hybridized carbons (Fsp3) is 0.304. The molecular weight excluding hydrogens is 458 g/mol. The van der Waals surface area contributed by atoms with E-state index in [1.54, 1.807) is 22.3 Å². The number of carbonyl (C=O) groups excluding carboxylic acids is 1. The Bertz CT molecular complexity index is 1440. The van der Waals surface area contributed by atoms with Crippen LogP contribution in [-0.2, 0) is 16.3 Å². The zero-order valence-corrected chi connectivity index (χ0v) is 19.9. The number of benzene rings is 1. The summed E-state index contributed by atoms with van der Waals surface area (Å²) in [6.07, 6.45) is 3.04. The summed E-state index contributed by atoms with van der Waals surface area (Å²) in [6, 6.07) is 9.54. The Labute approximate surface area is 195 Å². The Kier molecular flexibility index (Phi) is 5.49. The molecule has 1 unspecified atom stereocenters. The van der Waals surface area contributed by atoms with Gasteiger partial charge in [-0.05, 0) is 31.4 Å². The first-order chi connectivity index (χ1) is 15.8. The molecule has 1 aliphatic heterocycles. The van der Waals surface area contributed by atoms with E-state index < -0.39 is 9.84 Å². The average molecular weight is 482 g/mol. The van der Waals surface area contributed by atoms with Crippen molar-refractivity contribution in [1.29, 1.82) is 0 Å². The lowest BCUT2D eigenvalue weighted by atomic mass is 10.0. The van der Waals surface area contributed by atoms with Gasteiger partial charge in [-0.2, -0.15) is 5.10 Å². The second-order valence-corrected chi connectivity index (χ2v) is 11.3. The molecule has 1 fully saturated rings. The van der Waals surface area contributed by atoms with Gasteiger partial charge >= 0.3 is 0 Å². The maximum Gasteiger partial charge on any atom is 0.258 e. The highest BCUT2D eigenvalue weighted by Gasteiger charge is 2.32. The number of thiazole rings is 1. The van der Waals surface area contributed by atoms with Crippen LogP contribution in [0.5, 0.6) is 0 Å². The Hall–Kier alpha value is -3.11. The van der Waals surface area contributed by atoms with Crippen LogP contribution in [-0.4, -0.2) is 45.6 Å². The number of nitrogens with zero attached hydrogens (tertiary/aromatic N) is 4. The SMILES string of the molecule is CCc1ccc(-c2cc(C(=O)Nc3nccs3)c3c(C)nn(C4CCS(=O)(=O)C4)c3n2)cc1. The minimum Gasteiger partial charge on any atom is -0.298 e. The lowest BCUT2D eigenvalue weighted by Gasteiger charge is -2.12. The van der Waals surface area contributed by atoms with E-state index in [-0.39, 0.29) is 23.5 Å². The van der Waals surface area contributed by atoms with Crippen molar-refractivity contribution < 1.29 is 13.2 Å². The van der Waals surface area contributed by atoms with Gasteiger partial charge in [-0.15, -0.1) is 11.3 Å². The molecule has 4 heterocycles. The standard InChI is InChI=1S/C23H23N5O3S2/c1-3-15-4-6-16(7-5-15)19-12-18(22(29)26-23-24-9-10-32-23)20-14(2)27-28(21(20)25-19)17-8-11-33(30,31)13-17/h4-7,9-10,12,17H,3,8,11,13H2,1-2H3,(H,24,26,29). The van der Waals surface area contributed by atoms with Gasteiger partial charge < -0.3 is 0 Å². The van der Waals surface area contributed by atoms with E-state index in [9.17, 15) is 13.2 Å². The van der Waals surface area contributed by atoms with Gasteiger partial charge in [0.2, 0.25) is 0 Å². The molecule has 170 valence electrons. The summed E-state index contributed by atoms with van der Waals surface area (Å²) in [6.45, 7) is 3.91. The first-order valence-corrected chi connectivity index (χ1v) is 13.4. The predicted octanol–water partition coefficient (Wildman–Crippen LogP) is 4.04. The molecule has 5 rings (SSSR count). The molecule has 1 atom stereocenters. The lowest BCUT2D eigenvalue weighted by molar-refractivity contribution is 0.102. The Balaban J connectivity index is 1.68. The monoisotopic (exact) mass is 481 g/mol. The molecule has 0 radical (unpaired) electrons. The number of pyridine rings is 1. The lowest BCUT2D eigenvalue weighted by Crippen LogP contribution is -2.15. The van der Waals surface area contributed by atoms with Gasteiger partial charge in [0.25, 0.3) is 5.91 Å². The second-order valence-electron chi connectivity index (χ2n) is 8.18. The van der Waals surface area contributed by atoms with Crippen molar-refractivity contribution in [3.63, 3.8) is 0 Å². The molecule has 0 spiro atoms. The van der Waals surface area contributed by atoms with Gasteiger partial charge in [0.15, 0.2) is 20.6 Å². The molecule has 8 nitrogen and oxygen atoms in total. The summed E-state index contributed by atoms with van der Waals surface area (Å²) in [7, 11) is -3.11. The highest BCUT2D eigenvalue weighted by Crippen LogP contribution is 2.32. The van der Waals surface area contributed by atoms with Crippen molar-refractivity contribution in [2.24, 2.45) is 0 Å². The zero-order valence-electron chi connectivity index (χ0n) is 18.3. The maximum atomic E-state index is 13.3. The van der Waals surface area contributed by atoms with Crippen LogP contribution in [0.25, 0.3) is 22.3 Å². The molecule has 33 heavy (non-hydrogen) atoms. The van der Waals surface area contributed by atoms with Crippen molar-refractivity contribution in [3.05, 3.63) is 58.7 Å². The van der Waals surface area contributed by atoms with Crippen LogP contribution in [0.4, 0.5) is 5.13 Å². The quantitative estimate of drug-likeness (QED) is 0.461. The topological polar surface area (TPSA) is 107 Å². The van der Waals surface area contributed by atoms with E-state index >= 15 is 0 Å². The molecule has 0 saturated carbocycles. The van der Waals surface area contributed by atoms with Crippen LogP contribution in [0, 0.1) is 6.92 Å². The van der Waals surface area contributed by atoms with Gasteiger partial charge in [0.05, 0.1) is 39.9 Å².